The molecule has 1 unspecified atom stereocenters. The van der Waals surface area contributed by atoms with Crippen molar-refractivity contribution in [2.75, 3.05) is 0 Å². The largest absolute Gasteiger partial charge is 0.550 e. The number of rotatable bonds is 6. The molecule has 0 saturated carbocycles. The maximum Gasteiger partial charge on any atom is 0.0449 e. The Morgan fingerprint density at radius 1 is 1.15 bits per heavy atom. The predicted octanol–water partition coefficient (Wildman–Crippen LogP) is -1.07. The second-order valence-corrected chi connectivity index (χ2v) is 3.56. The van der Waals surface area contributed by atoms with E-state index in [1.807, 2.05) is 13.8 Å². The summed E-state index contributed by atoms with van der Waals surface area (Å²) in [6, 6.07) is 0. The summed E-state index contributed by atoms with van der Waals surface area (Å²) in [6.45, 7) is 3.90. The first kappa shape index (κ1) is 11.9. The van der Waals surface area contributed by atoms with E-state index in [0.29, 0.717) is 18.8 Å². The van der Waals surface area contributed by atoms with Crippen molar-refractivity contribution in [2.24, 2.45) is 11.8 Å². The summed E-state index contributed by atoms with van der Waals surface area (Å²) in [7, 11) is 0. The monoisotopic (exact) mass is 186 g/mol. The number of aliphatic carboxylic acids is 2. The highest BCUT2D eigenvalue weighted by Gasteiger charge is 2.10. The second kappa shape index (κ2) is 5.56. The number of hydrogen-bond acceptors (Lipinski definition) is 4. The van der Waals surface area contributed by atoms with Gasteiger partial charge in [0.25, 0.3) is 0 Å². The van der Waals surface area contributed by atoms with Gasteiger partial charge in [0.05, 0.1) is 0 Å². The number of carbonyl (C=O) groups excluding carboxylic acids is 2. The predicted molar refractivity (Wildman–Crippen MR) is 42.2 cm³/mol. The lowest BCUT2D eigenvalue weighted by Gasteiger charge is -2.19. The molecule has 0 aromatic heterocycles. The zero-order valence-corrected chi connectivity index (χ0v) is 7.91. The van der Waals surface area contributed by atoms with Crippen LogP contribution in [0.25, 0.3) is 0 Å². The fourth-order valence-electron chi connectivity index (χ4n) is 1.04. The van der Waals surface area contributed by atoms with Gasteiger partial charge in [-0.3, -0.25) is 0 Å². The van der Waals surface area contributed by atoms with Gasteiger partial charge in [0.15, 0.2) is 0 Å². The van der Waals surface area contributed by atoms with E-state index in [-0.39, 0.29) is 0 Å². The average Bonchev–Trinajstić information content (AvgIpc) is 1.96. The number of hydrogen-bond donors (Lipinski definition) is 0. The van der Waals surface area contributed by atoms with Gasteiger partial charge in [-0.2, -0.15) is 0 Å². The molecule has 0 aliphatic rings. The minimum absolute atomic E-state index is 0.341. The van der Waals surface area contributed by atoms with E-state index in [4.69, 9.17) is 0 Å². The molecular formula is C9H14O4-2. The molecule has 4 heteroatoms. The van der Waals surface area contributed by atoms with Crippen LogP contribution in [-0.4, -0.2) is 11.9 Å². The zero-order chi connectivity index (χ0) is 10.4. The van der Waals surface area contributed by atoms with Crippen LogP contribution < -0.4 is 10.2 Å². The van der Waals surface area contributed by atoms with Crippen molar-refractivity contribution in [1.29, 1.82) is 0 Å². The molecule has 0 radical (unpaired) electrons. The molecular weight excluding hydrogens is 172 g/mol. The lowest BCUT2D eigenvalue weighted by Crippen LogP contribution is -2.36. The van der Waals surface area contributed by atoms with Gasteiger partial charge in [-0.25, -0.2) is 0 Å². The van der Waals surface area contributed by atoms with Gasteiger partial charge >= 0.3 is 0 Å². The molecule has 0 aromatic carbocycles. The van der Waals surface area contributed by atoms with Crippen molar-refractivity contribution in [3.05, 3.63) is 0 Å². The van der Waals surface area contributed by atoms with E-state index in [2.05, 4.69) is 0 Å². The van der Waals surface area contributed by atoms with Crippen molar-refractivity contribution in [3.8, 4) is 0 Å². The maximum absolute atomic E-state index is 10.4. The summed E-state index contributed by atoms with van der Waals surface area (Å²) in [5, 5.41) is 20.6. The van der Waals surface area contributed by atoms with Crippen LogP contribution in [0.15, 0.2) is 0 Å². The van der Waals surface area contributed by atoms with Gasteiger partial charge in [0.1, 0.15) is 0 Å². The van der Waals surface area contributed by atoms with Crippen LogP contribution in [-0.2, 0) is 9.59 Å². The third-order valence-corrected chi connectivity index (χ3v) is 1.84. The molecule has 4 nitrogen and oxygen atoms in total. The van der Waals surface area contributed by atoms with Crippen molar-refractivity contribution in [1.82, 2.24) is 0 Å². The Bertz CT molecular complexity index is 186. The third kappa shape index (κ3) is 6.13. The molecule has 0 aliphatic carbocycles. The van der Waals surface area contributed by atoms with Gasteiger partial charge in [0, 0.05) is 17.9 Å². The van der Waals surface area contributed by atoms with E-state index < -0.39 is 24.3 Å². The normalized spacial score (nSPS) is 12.8. The van der Waals surface area contributed by atoms with Gasteiger partial charge < -0.3 is 19.8 Å². The minimum atomic E-state index is -1.34. The average molecular weight is 186 g/mol. The van der Waals surface area contributed by atoms with Crippen LogP contribution in [0.4, 0.5) is 0 Å². The standard InChI is InChI=1S/C9H16O4/c1-6(2)3-4-7(9(12)13)5-8(10)11/h6-7H,3-5H2,1-2H3,(H,10,11)(H,12,13)/p-2. The Morgan fingerprint density at radius 2 is 1.69 bits per heavy atom. The summed E-state index contributed by atoms with van der Waals surface area (Å²) in [6.07, 6.45) is 0.578. The van der Waals surface area contributed by atoms with Crippen LogP contribution in [0.3, 0.4) is 0 Å². The Morgan fingerprint density at radius 3 is 2.00 bits per heavy atom. The Balaban J connectivity index is 3.95. The third-order valence-electron chi connectivity index (χ3n) is 1.84. The van der Waals surface area contributed by atoms with Crippen LogP contribution in [0, 0.1) is 11.8 Å². The van der Waals surface area contributed by atoms with Gasteiger partial charge in [-0.15, -0.1) is 0 Å². The van der Waals surface area contributed by atoms with E-state index in [1.165, 1.54) is 0 Å². The molecule has 0 aromatic rings. The minimum Gasteiger partial charge on any atom is -0.550 e. The molecule has 0 heterocycles. The van der Waals surface area contributed by atoms with Crippen molar-refractivity contribution in [2.45, 2.75) is 33.1 Å². The molecule has 0 saturated heterocycles. The van der Waals surface area contributed by atoms with Crippen LogP contribution in [0.2, 0.25) is 0 Å². The van der Waals surface area contributed by atoms with Gasteiger partial charge in [0.2, 0.25) is 0 Å². The number of carboxylic acids is 2. The molecule has 0 aliphatic heterocycles. The molecule has 0 amide bonds. The topological polar surface area (TPSA) is 80.3 Å². The van der Waals surface area contributed by atoms with E-state index in [0.717, 1.165) is 0 Å². The van der Waals surface area contributed by atoms with Crippen molar-refractivity contribution in [3.63, 3.8) is 0 Å². The summed E-state index contributed by atoms with van der Waals surface area (Å²) in [5.74, 6) is -3.18. The molecule has 0 N–H and O–H groups in total. The highest BCUT2D eigenvalue weighted by Crippen LogP contribution is 2.14. The van der Waals surface area contributed by atoms with E-state index in [9.17, 15) is 19.8 Å². The maximum atomic E-state index is 10.4. The Labute approximate surface area is 77.6 Å². The molecule has 1 atom stereocenters. The van der Waals surface area contributed by atoms with Crippen LogP contribution >= 0.6 is 0 Å². The smallest absolute Gasteiger partial charge is 0.0449 e. The highest BCUT2D eigenvalue weighted by molar-refractivity contribution is 5.75. The summed E-state index contributed by atoms with van der Waals surface area (Å²) >= 11 is 0. The second-order valence-electron chi connectivity index (χ2n) is 3.56. The fraction of sp³-hybridized carbons (Fsp3) is 0.778. The van der Waals surface area contributed by atoms with Crippen molar-refractivity contribution >= 4 is 11.9 Å². The first-order chi connectivity index (χ1) is 5.93. The lowest BCUT2D eigenvalue weighted by atomic mass is 9.95. The first-order valence-corrected chi connectivity index (χ1v) is 4.34. The van der Waals surface area contributed by atoms with Gasteiger partial charge in [-0.05, 0) is 18.8 Å². The van der Waals surface area contributed by atoms with Crippen LogP contribution in [0.5, 0.6) is 0 Å². The van der Waals surface area contributed by atoms with E-state index in [1.54, 1.807) is 0 Å². The van der Waals surface area contributed by atoms with E-state index >= 15 is 0 Å². The molecule has 0 bridgehead atoms. The van der Waals surface area contributed by atoms with Crippen LogP contribution in [0.1, 0.15) is 33.1 Å². The quantitative estimate of drug-likeness (QED) is 0.529. The molecule has 0 spiro atoms. The lowest BCUT2D eigenvalue weighted by molar-refractivity contribution is -0.321. The summed E-state index contributed by atoms with van der Waals surface area (Å²) in [4.78, 5) is 20.6. The highest BCUT2D eigenvalue weighted by atomic mass is 16.4. The number of carboxylic acid groups (broad SMARTS) is 2. The summed E-state index contributed by atoms with van der Waals surface area (Å²) < 4.78 is 0. The SMILES string of the molecule is CC(C)CCC(CC(=O)[O-])C(=O)[O-]. The number of carbonyl (C=O) groups is 2. The summed E-state index contributed by atoms with van der Waals surface area (Å²) in [5.41, 5.74) is 0. The van der Waals surface area contributed by atoms with Gasteiger partial charge in [-0.1, -0.05) is 20.3 Å². The van der Waals surface area contributed by atoms with Crippen molar-refractivity contribution < 1.29 is 19.8 Å². The first-order valence-electron chi connectivity index (χ1n) is 4.34. The fourth-order valence-corrected chi connectivity index (χ4v) is 1.04. The molecule has 0 fully saturated rings. The molecule has 76 valence electrons. The Kier molecular flexibility index (Phi) is 5.11. The molecule has 0 rings (SSSR count). The Hall–Kier alpha value is -1.06. The molecule has 13 heavy (non-hydrogen) atoms. The zero-order valence-electron chi connectivity index (χ0n) is 7.91.